The van der Waals surface area contributed by atoms with E-state index in [4.69, 9.17) is 4.74 Å². The van der Waals surface area contributed by atoms with Gasteiger partial charge in [0.2, 0.25) is 0 Å². The number of hydrogen-bond acceptors (Lipinski definition) is 6. The molecule has 2 aliphatic heterocycles. The molecule has 0 spiro atoms. The van der Waals surface area contributed by atoms with Crippen molar-refractivity contribution in [3.63, 3.8) is 0 Å². The summed E-state index contributed by atoms with van der Waals surface area (Å²) in [4.78, 5) is 36.7. The number of aromatic nitrogens is 2. The smallest absolute Gasteiger partial charge is 0.311 e. The van der Waals surface area contributed by atoms with E-state index >= 15 is 0 Å². The monoisotopic (exact) mass is 348 g/mol. The SMILES string of the molecule is COCCN1C[C@H]2CN(C(=O)c3cnccn3)CCC[C@@]2(C(=O)O)C1. The topological polar surface area (TPSA) is 95.9 Å². The van der Waals surface area contributed by atoms with Gasteiger partial charge in [-0.15, -0.1) is 0 Å². The quantitative estimate of drug-likeness (QED) is 0.821. The lowest BCUT2D eigenvalue weighted by Crippen LogP contribution is -2.42. The van der Waals surface area contributed by atoms with Crippen molar-refractivity contribution >= 4 is 11.9 Å². The predicted molar refractivity (Wildman–Crippen MR) is 89.0 cm³/mol. The van der Waals surface area contributed by atoms with Crippen molar-refractivity contribution in [1.82, 2.24) is 19.8 Å². The summed E-state index contributed by atoms with van der Waals surface area (Å²) in [5.74, 6) is -1.03. The van der Waals surface area contributed by atoms with E-state index in [0.29, 0.717) is 57.9 Å². The van der Waals surface area contributed by atoms with Gasteiger partial charge in [0.1, 0.15) is 5.69 Å². The Morgan fingerprint density at radius 3 is 2.92 bits per heavy atom. The molecule has 3 heterocycles. The summed E-state index contributed by atoms with van der Waals surface area (Å²) in [6.07, 6.45) is 5.73. The van der Waals surface area contributed by atoms with Crippen molar-refractivity contribution in [3.8, 4) is 0 Å². The Morgan fingerprint density at radius 1 is 1.40 bits per heavy atom. The van der Waals surface area contributed by atoms with Crippen LogP contribution in [0.3, 0.4) is 0 Å². The van der Waals surface area contributed by atoms with Gasteiger partial charge in [-0.1, -0.05) is 0 Å². The van der Waals surface area contributed by atoms with Crippen molar-refractivity contribution in [2.24, 2.45) is 11.3 Å². The molecule has 0 bridgehead atoms. The first-order valence-corrected chi connectivity index (χ1v) is 8.57. The Bertz CT molecular complexity index is 626. The van der Waals surface area contributed by atoms with E-state index in [0.717, 1.165) is 0 Å². The molecule has 136 valence electrons. The Kier molecular flexibility index (Phi) is 5.29. The zero-order valence-corrected chi connectivity index (χ0v) is 14.4. The Morgan fingerprint density at radius 2 is 2.24 bits per heavy atom. The highest BCUT2D eigenvalue weighted by molar-refractivity contribution is 5.92. The van der Waals surface area contributed by atoms with Gasteiger partial charge in [0.15, 0.2) is 0 Å². The molecule has 1 aromatic rings. The summed E-state index contributed by atoms with van der Waals surface area (Å²) in [7, 11) is 1.64. The standard InChI is InChI=1S/C17H24N4O4/c1-25-8-7-20-10-13-11-21(15(22)14-9-18-4-5-19-14)6-2-3-17(13,12-20)16(23)24/h4-5,9,13H,2-3,6-8,10-12H2,1H3,(H,23,24)/t13-,17+/m0/s1. The molecule has 2 saturated heterocycles. The molecule has 0 aliphatic carbocycles. The third kappa shape index (κ3) is 3.50. The molecule has 1 amide bonds. The maximum Gasteiger partial charge on any atom is 0.311 e. The van der Waals surface area contributed by atoms with Crippen molar-refractivity contribution in [1.29, 1.82) is 0 Å². The summed E-state index contributed by atoms with van der Waals surface area (Å²) in [5, 5.41) is 9.93. The molecular weight excluding hydrogens is 324 g/mol. The number of aliphatic carboxylic acids is 1. The number of fused-ring (bicyclic) bond motifs is 1. The number of methoxy groups -OCH3 is 1. The number of hydrogen-bond donors (Lipinski definition) is 1. The predicted octanol–water partition coefficient (Wildman–Crippen LogP) is 0.362. The van der Waals surface area contributed by atoms with Gasteiger partial charge in [0.25, 0.3) is 5.91 Å². The van der Waals surface area contributed by atoms with Crippen LogP contribution in [-0.2, 0) is 9.53 Å². The van der Waals surface area contributed by atoms with E-state index in [-0.39, 0.29) is 11.8 Å². The third-order valence-corrected chi connectivity index (χ3v) is 5.36. The fourth-order valence-electron chi connectivity index (χ4n) is 4.03. The van der Waals surface area contributed by atoms with Gasteiger partial charge in [0, 0.05) is 58.1 Å². The molecule has 8 nitrogen and oxygen atoms in total. The molecule has 0 saturated carbocycles. The van der Waals surface area contributed by atoms with Crippen LogP contribution < -0.4 is 0 Å². The van der Waals surface area contributed by atoms with Gasteiger partial charge in [0.05, 0.1) is 18.2 Å². The zero-order valence-electron chi connectivity index (χ0n) is 14.4. The normalized spacial score (nSPS) is 26.9. The summed E-state index contributed by atoms with van der Waals surface area (Å²) in [5.41, 5.74) is -0.481. The molecule has 3 rings (SSSR count). The van der Waals surface area contributed by atoms with E-state index in [1.807, 2.05) is 0 Å². The Balaban J connectivity index is 1.78. The van der Waals surface area contributed by atoms with Gasteiger partial charge in [-0.3, -0.25) is 19.5 Å². The highest BCUT2D eigenvalue weighted by atomic mass is 16.5. The van der Waals surface area contributed by atoms with E-state index in [2.05, 4.69) is 14.9 Å². The number of likely N-dealkylation sites (tertiary alicyclic amines) is 2. The van der Waals surface area contributed by atoms with E-state index < -0.39 is 11.4 Å². The lowest BCUT2D eigenvalue weighted by atomic mass is 9.75. The van der Waals surface area contributed by atoms with Crippen molar-refractivity contribution in [2.75, 3.05) is 46.4 Å². The summed E-state index contributed by atoms with van der Waals surface area (Å²) >= 11 is 0. The van der Waals surface area contributed by atoms with Crippen LogP contribution in [0.4, 0.5) is 0 Å². The molecule has 8 heteroatoms. The first kappa shape index (κ1) is 17.8. The summed E-state index contributed by atoms with van der Waals surface area (Å²) in [6, 6.07) is 0. The second-order valence-electron chi connectivity index (χ2n) is 6.83. The van der Waals surface area contributed by atoms with Crippen molar-refractivity contribution in [2.45, 2.75) is 12.8 Å². The van der Waals surface area contributed by atoms with Crippen LogP contribution in [0.5, 0.6) is 0 Å². The zero-order chi connectivity index (χ0) is 17.9. The molecule has 2 aliphatic rings. The van der Waals surface area contributed by atoms with Gasteiger partial charge in [-0.05, 0) is 12.8 Å². The lowest BCUT2D eigenvalue weighted by molar-refractivity contribution is -0.151. The number of nitrogens with zero attached hydrogens (tertiary/aromatic N) is 4. The van der Waals surface area contributed by atoms with Crippen LogP contribution >= 0.6 is 0 Å². The average Bonchev–Trinajstić information content (AvgIpc) is 2.88. The molecule has 2 atom stereocenters. The Hall–Kier alpha value is -2.06. The van der Waals surface area contributed by atoms with E-state index in [9.17, 15) is 14.7 Å². The number of rotatable bonds is 5. The van der Waals surface area contributed by atoms with Gasteiger partial charge in [-0.25, -0.2) is 4.98 Å². The molecule has 1 aromatic heterocycles. The molecule has 1 N–H and O–H groups in total. The minimum atomic E-state index is -0.787. The minimum Gasteiger partial charge on any atom is -0.481 e. The van der Waals surface area contributed by atoms with E-state index in [1.54, 1.807) is 12.0 Å². The van der Waals surface area contributed by atoms with Gasteiger partial charge in [-0.2, -0.15) is 0 Å². The molecule has 25 heavy (non-hydrogen) atoms. The minimum absolute atomic E-state index is 0.0926. The second-order valence-corrected chi connectivity index (χ2v) is 6.83. The number of carbonyl (C=O) groups excluding carboxylic acids is 1. The van der Waals surface area contributed by atoms with Crippen LogP contribution in [0.2, 0.25) is 0 Å². The van der Waals surface area contributed by atoms with Crippen molar-refractivity contribution in [3.05, 3.63) is 24.3 Å². The highest BCUT2D eigenvalue weighted by Crippen LogP contribution is 2.43. The first-order valence-electron chi connectivity index (χ1n) is 8.57. The Labute approximate surface area is 146 Å². The maximum absolute atomic E-state index is 12.7. The lowest BCUT2D eigenvalue weighted by Gasteiger charge is -2.29. The van der Waals surface area contributed by atoms with Gasteiger partial charge < -0.3 is 14.7 Å². The number of carboxylic acid groups (broad SMARTS) is 1. The number of carbonyl (C=O) groups is 2. The summed E-state index contributed by atoms with van der Waals surface area (Å²) < 4.78 is 5.12. The number of amides is 1. The van der Waals surface area contributed by atoms with Crippen LogP contribution in [0.1, 0.15) is 23.3 Å². The molecule has 0 unspecified atom stereocenters. The van der Waals surface area contributed by atoms with Crippen LogP contribution in [0, 0.1) is 11.3 Å². The van der Waals surface area contributed by atoms with E-state index in [1.165, 1.54) is 18.6 Å². The fourth-order valence-corrected chi connectivity index (χ4v) is 4.03. The number of carboxylic acids is 1. The first-order chi connectivity index (χ1) is 12.1. The number of ether oxygens (including phenoxy) is 1. The second kappa shape index (κ2) is 7.45. The van der Waals surface area contributed by atoms with Crippen LogP contribution in [-0.4, -0.2) is 83.2 Å². The average molecular weight is 348 g/mol. The largest absolute Gasteiger partial charge is 0.481 e. The fraction of sp³-hybridized carbons (Fsp3) is 0.647. The maximum atomic E-state index is 12.7. The van der Waals surface area contributed by atoms with Crippen LogP contribution in [0.15, 0.2) is 18.6 Å². The van der Waals surface area contributed by atoms with Crippen molar-refractivity contribution < 1.29 is 19.4 Å². The summed E-state index contributed by atoms with van der Waals surface area (Å²) in [6.45, 7) is 3.46. The molecule has 0 aromatic carbocycles. The molecular formula is C17H24N4O4. The third-order valence-electron chi connectivity index (χ3n) is 5.36. The van der Waals surface area contributed by atoms with Crippen LogP contribution in [0.25, 0.3) is 0 Å². The highest BCUT2D eigenvalue weighted by Gasteiger charge is 2.53. The van der Waals surface area contributed by atoms with Gasteiger partial charge >= 0.3 is 5.97 Å². The molecule has 2 fully saturated rings. The molecule has 0 radical (unpaired) electrons.